The summed E-state index contributed by atoms with van der Waals surface area (Å²) < 4.78 is 1.93. The number of aromatic nitrogens is 3. The molecule has 5 heteroatoms. The molecule has 0 aliphatic rings. The summed E-state index contributed by atoms with van der Waals surface area (Å²) in [5.74, 6) is 1.50. The van der Waals surface area contributed by atoms with Gasteiger partial charge in [-0.25, -0.2) is 4.85 Å². The zero-order valence-electron chi connectivity index (χ0n) is 17.3. The van der Waals surface area contributed by atoms with E-state index in [1.54, 1.807) is 0 Å². The first kappa shape index (κ1) is 21.6. The molecule has 30 heavy (non-hydrogen) atoms. The molecular weight excluding hydrogens is 549 g/mol. The monoisotopic (exact) mass is 570 g/mol. The first-order valence-electron chi connectivity index (χ1n) is 9.48. The molecule has 0 atom stereocenters. The fourth-order valence-electron chi connectivity index (χ4n) is 3.76. The predicted octanol–water partition coefficient (Wildman–Crippen LogP) is 6.18. The molecule has 0 saturated carbocycles. The fraction of sp³-hybridized carbons (Fsp3) is 0.160. The number of hydrogen-bond donors (Lipinski definition) is 0. The maximum absolute atomic E-state index is 7.12. The second-order valence-electron chi connectivity index (χ2n) is 7.29. The SMILES string of the molecule is [C-]#[N+]c1ccc(-c2cc[c-]c(-c3nc(C)nn3-c3c(C)cc(C)cc3C)c2)cc1.[Ir]. The molecule has 0 aliphatic heterocycles. The summed E-state index contributed by atoms with van der Waals surface area (Å²) in [6.07, 6.45) is 0. The van der Waals surface area contributed by atoms with E-state index in [4.69, 9.17) is 11.6 Å². The maximum Gasteiger partial charge on any atom is 0.187 e. The number of rotatable bonds is 3. The van der Waals surface area contributed by atoms with Crippen molar-refractivity contribution < 1.29 is 20.1 Å². The minimum Gasteiger partial charge on any atom is -0.262 e. The molecule has 0 bridgehead atoms. The summed E-state index contributed by atoms with van der Waals surface area (Å²) in [4.78, 5) is 8.17. The van der Waals surface area contributed by atoms with Crippen molar-refractivity contribution in [2.45, 2.75) is 27.7 Å². The smallest absolute Gasteiger partial charge is 0.187 e. The first-order valence-corrected chi connectivity index (χ1v) is 9.48. The van der Waals surface area contributed by atoms with Gasteiger partial charge in [-0.1, -0.05) is 42.0 Å². The van der Waals surface area contributed by atoms with Crippen LogP contribution in [0.3, 0.4) is 0 Å². The van der Waals surface area contributed by atoms with Crippen LogP contribution >= 0.6 is 0 Å². The average Bonchev–Trinajstić information content (AvgIpc) is 3.08. The van der Waals surface area contributed by atoms with E-state index >= 15 is 0 Å². The summed E-state index contributed by atoms with van der Waals surface area (Å²) in [6, 6.07) is 21.3. The third-order valence-electron chi connectivity index (χ3n) is 4.93. The van der Waals surface area contributed by atoms with Gasteiger partial charge in [-0.2, -0.15) is 5.10 Å². The van der Waals surface area contributed by atoms with Gasteiger partial charge in [0.05, 0.1) is 18.1 Å². The zero-order chi connectivity index (χ0) is 20.5. The molecule has 4 rings (SSSR count). The quantitative estimate of drug-likeness (QED) is 0.276. The van der Waals surface area contributed by atoms with Gasteiger partial charge >= 0.3 is 0 Å². The van der Waals surface area contributed by atoms with Crippen molar-refractivity contribution in [3.8, 4) is 28.2 Å². The Balaban J connectivity index is 0.00000256. The van der Waals surface area contributed by atoms with E-state index in [9.17, 15) is 0 Å². The van der Waals surface area contributed by atoms with Crippen LogP contribution in [-0.2, 0) is 20.1 Å². The van der Waals surface area contributed by atoms with Crippen molar-refractivity contribution in [2.24, 2.45) is 0 Å². The number of nitrogens with zero attached hydrogens (tertiary/aromatic N) is 4. The fourth-order valence-corrected chi connectivity index (χ4v) is 3.76. The molecule has 0 N–H and O–H groups in total. The maximum atomic E-state index is 7.12. The first-order chi connectivity index (χ1) is 14.0. The van der Waals surface area contributed by atoms with E-state index < -0.39 is 0 Å². The Labute approximate surface area is 190 Å². The Morgan fingerprint density at radius 1 is 0.900 bits per heavy atom. The van der Waals surface area contributed by atoms with Crippen LogP contribution in [0.4, 0.5) is 5.69 Å². The van der Waals surface area contributed by atoms with Crippen LogP contribution in [0.25, 0.3) is 33.0 Å². The van der Waals surface area contributed by atoms with Crippen LogP contribution in [0.1, 0.15) is 22.5 Å². The van der Waals surface area contributed by atoms with Gasteiger partial charge in [-0.15, -0.1) is 35.4 Å². The van der Waals surface area contributed by atoms with E-state index in [0.717, 1.165) is 34.0 Å². The summed E-state index contributed by atoms with van der Waals surface area (Å²) in [6.45, 7) is 15.3. The molecule has 1 radical (unpaired) electrons. The molecule has 0 unspecified atom stereocenters. The summed E-state index contributed by atoms with van der Waals surface area (Å²) in [5.41, 5.74) is 8.26. The minimum absolute atomic E-state index is 0. The van der Waals surface area contributed by atoms with E-state index in [1.165, 1.54) is 16.7 Å². The standard InChI is InChI=1S/C25H21N4.Ir/c1-16-13-17(2)24(18(3)14-16)29-25(27-19(4)28-29)22-8-6-7-21(15-22)20-9-11-23(26-5)12-10-20;/h6-7,9-15H,1-4H3;/q-1;. The van der Waals surface area contributed by atoms with Gasteiger partial charge in [-0.3, -0.25) is 9.67 Å². The van der Waals surface area contributed by atoms with Crippen LogP contribution < -0.4 is 0 Å². The molecule has 1 aromatic heterocycles. The summed E-state index contributed by atoms with van der Waals surface area (Å²) >= 11 is 0. The molecule has 0 fully saturated rings. The molecular formula is C25H21IrN4-. The van der Waals surface area contributed by atoms with E-state index in [2.05, 4.69) is 55.0 Å². The van der Waals surface area contributed by atoms with Crippen molar-refractivity contribution >= 4 is 5.69 Å². The molecule has 0 spiro atoms. The normalized spacial score (nSPS) is 10.4. The molecule has 3 aromatic carbocycles. The molecule has 4 aromatic rings. The van der Waals surface area contributed by atoms with E-state index in [0.29, 0.717) is 5.69 Å². The van der Waals surface area contributed by atoms with Crippen molar-refractivity contribution in [1.82, 2.24) is 14.8 Å². The molecule has 1 heterocycles. The van der Waals surface area contributed by atoms with Crippen LogP contribution in [0.5, 0.6) is 0 Å². The van der Waals surface area contributed by atoms with Crippen LogP contribution in [0.15, 0.2) is 54.6 Å². The van der Waals surface area contributed by atoms with E-state index in [1.807, 2.05) is 48.0 Å². The largest absolute Gasteiger partial charge is 0.262 e. The van der Waals surface area contributed by atoms with Gasteiger partial charge < -0.3 is 0 Å². The molecule has 0 saturated heterocycles. The Bertz CT molecular complexity index is 1220. The Morgan fingerprint density at radius 2 is 1.57 bits per heavy atom. The van der Waals surface area contributed by atoms with Crippen molar-refractivity contribution in [2.75, 3.05) is 0 Å². The number of aryl methyl sites for hydroxylation is 4. The predicted molar refractivity (Wildman–Crippen MR) is 116 cm³/mol. The molecule has 0 amide bonds. The zero-order valence-corrected chi connectivity index (χ0v) is 19.7. The van der Waals surface area contributed by atoms with Crippen LogP contribution in [0.2, 0.25) is 0 Å². The van der Waals surface area contributed by atoms with E-state index in [-0.39, 0.29) is 20.1 Å². The van der Waals surface area contributed by atoms with Crippen molar-refractivity contribution in [3.05, 3.63) is 94.6 Å². The van der Waals surface area contributed by atoms with Gasteiger partial charge in [0, 0.05) is 20.1 Å². The van der Waals surface area contributed by atoms with Crippen LogP contribution in [0, 0.1) is 40.3 Å². The second kappa shape index (κ2) is 8.75. The second-order valence-corrected chi connectivity index (χ2v) is 7.29. The van der Waals surface area contributed by atoms with Crippen LogP contribution in [-0.4, -0.2) is 14.8 Å². The van der Waals surface area contributed by atoms with Gasteiger partial charge in [-0.05, 0) is 44.4 Å². The third-order valence-corrected chi connectivity index (χ3v) is 4.93. The Kier molecular flexibility index (Phi) is 6.31. The van der Waals surface area contributed by atoms with Gasteiger partial charge in [0.15, 0.2) is 5.69 Å². The summed E-state index contributed by atoms with van der Waals surface area (Å²) in [5, 5.41) is 4.69. The minimum atomic E-state index is 0. The molecule has 151 valence electrons. The van der Waals surface area contributed by atoms with Crippen molar-refractivity contribution in [1.29, 1.82) is 0 Å². The van der Waals surface area contributed by atoms with Gasteiger partial charge in [0.25, 0.3) is 0 Å². The number of benzene rings is 3. The number of hydrogen-bond acceptors (Lipinski definition) is 2. The Hall–Kier alpha value is -3.06. The molecule has 4 nitrogen and oxygen atoms in total. The topological polar surface area (TPSA) is 35.1 Å². The molecule has 0 aliphatic carbocycles. The average molecular weight is 570 g/mol. The van der Waals surface area contributed by atoms with Gasteiger partial charge in [0.2, 0.25) is 0 Å². The Morgan fingerprint density at radius 3 is 2.20 bits per heavy atom. The summed E-state index contributed by atoms with van der Waals surface area (Å²) in [7, 11) is 0. The third kappa shape index (κ3) is 4.11. The van der Waals surface area contributed by atoms with Crippen molar-refractivity contribution in [3.63, 3.8) is 0 Å². The van der Waals surface area contributed by atoms with Gasteiger partial charge in [0.1, 0.15) is 5.82 Å².